The standard InChI is InChI=1S/C18H15Cl3N2O/c1-10-17(11(2)24)22-23(16-8-7-14(20)9-15(16)21)18(10)12-3-5-13(19)6-4-12/h3-10,18H,1-2H3/t10-,18+/m0/s1. The number of halogens is 3. The second kappa shape index (κ2) is 6.75. The number of carbonyl (C=O) groups is 1. The van der Waals surface area contributed by atoms with Gasteiger partial charge in [0, 0.05) is 22.9 Å². The van der Waals surface area contributed by atoms with E-state index in [0.29, 0.717) is 26.5 Å². The topological polar surface area (TPSA) is 32.7 Å². The monoisotopic (exact) mass is 380 g/mol. The Morgan fingerprint density at radius 2 is 1.67 bits per heavy atom. The summed E-state index contributed by atoms with van der Waals surface area (Å²) < 4.78 is 0. The molecule has 0 spiro atoms. The van der Waals surface area contributed by atoms with E-state index >= 15 is 0 Å². The summed E-state index contributed by atoms with van der Waals surface area (Å²) in [5.74, 6) is -0.121. The van der Waals surface area contributed by atoms with Gasteiger partial charge in [0.05, 0.1) is 16.8 Å². The van der Waals surface area contributed by atoms with E-state index in [0.717, 1.165) is 5.56 Å². The third-order valence-electron chi connectivity index (χ3n) is 4.11. The van der Waals surface area contributed by atoms with Crippen molar-refractivity contribution in [1.82, 2.24) is 0 Å². The zero-order chi connectivity index (χ0) is 17.4. The lowest BCUT2D eigenvalue weighted by molar-refractivity contribution is -0.111. The number of Topliss-reactive ketones (excluding diaryl/α,β-unsaturated/α-hetero) is 1. The smallest absolute Gasteiger partial charge is 0.176 e. The molecule has 2 aromatic carbocycles. The van der Waals surface area contributed by atoms with Crippen molar-refractivity contribution in [3.05, 3.63) is 63.1 Å². The molecule has 0 fully saturated rings. The maximum absolute atomic E-state index is 12.0. The average molecular weight is 382 g/mol. The minimum Gasteiger partial charge on any atom is -0.293 e. The summed E-state index contributed by atoms with van der Waals surface area (Å²) in [6, 6.07) is 12.6. The van der Waals surface area contributed by atoms with Crippen LogP contribution in [0.2, 0.25) is 15.1 Å². The van der Waals surface area contributed by atoms with Crippen LogP contribution in [0.4, 0.5) is 5.69 Å². The van der Waals surface area contributed by atoms with Gasteiger partial charge in [0.2, 0.25) is 0 Å². The lowest BCUT2D eigenvalue weighted by Crippen LogP contribution is -2.25. The molecule has 0 unspecified atom stereocenters. The second-order valence-corrected chi connectivity index (χ2v) is 7.05. The molecule has 2 aromatic rings. The largest absolute Gasteiger partial charge is 0.293 e. The summed E-state index contributed by atoms with van der Waals surface area (Å²) in [6.07, 6.45) is 0. The molecule has 0 aromatic heterocycles. The summed E-state index contributed by atoms with van der Waals surface area (Å²) in [5, 5.41) is 8.04. The molecule has 1 aliphatic heterocycles. The Kier molecular flexibility index (Phi) is 4.86. The zero-order valence-corrected chi connectivity index (χ0v) is 15.4. The van der Waals surface area contributed by atoms with E-state index in [9.17, 15) is 4.79 Å². The normalized spacial score (nSPS) is 20.2. The highest BCUT2D eigenvalue weighted by atomic mass is 35.5. The molecule has 124 valence electrons. The van der Waals surface area contributed by atoms with E-state index in [1.54, 1.807) is 17.1 Å². The molecule has 0 bridgehead atoms. The lowest BCUT2D eigenvalue weighted by Gasteiger charge is -2.27. The Morgan fingerprint density at radius 3 is 2.25 bits per heavy atom. The van der Waals surface area contributed by atoms with Gasteiger partial charge in [-0.05, 0) is 35.9 Å². The van der Waals surface area contributed by atoms with Crippen LogP contribution in [0.1, 0.15) is 25.5 Å². The summed E-state index contributed by atoms with van der Waals surface area (Å²) in [4.78, 5) is 12.0. The van der Waals surface area contributed by atoms with Crippen LogP contribution in [0.5, 0.6) is 0 Å². The Labute approximate surface area is 155 Å². The number of carbonyl (C=O) groups excluding carboxylic acids is 1. The highest BCUT2D eigenvalue weighted by Crippen LogP contribution is 2.42. The van der Waals surface area contributed by atoms with Gasteiger partial charge in [0.1, 0.15) is 5.71 Å². The number of hydrazone groups is 1. The van der Waals surface area contributed by atoms with E-state index in [4.69, 9.17) is 34.8 Å². The first-order valence-corrected chi connectivity index (χ1v) is 8.61. The van der Waals surface area contributed by atoms with Crippen LogP contribution in [-0.2, 0) is 4.79 Å². The second-order valence-electron chi connectivity index (χ2n) is 5.77. The number of ketones is 1. The van der Waals surface area contributed by atoms with Gasteiger partial charge in [-0.25, -0.2) is 0 Å². The Morgan fingerprint density at radius 1 is 1.04 bits per heavy atom. The van der Waals surface area contributed by atoms with Crippen molar-refractivity contribution in [1.29, 1.82) is 0 Å². The highest BCUT2D eigenvalue weighted by Gasteiger charge is 2.38. The van der Waals surface area contributed by atoms with Crippen molar-refractivity contribution in [3.8, 4) is 0 Å². The number of rotatable bonds is 3. The fraction of sp³-hybridized carbons (Fsp3) is 0.222. The molecule has 6 heteroatoms. The first-order valence-electron chi connectivity index (χ1n) is 7.47. The minimum atomic E-state index is -0.139. The predicted molar refractivity (Wildman–Crippen MR) is 100 cm³/mol. The molecule has 3 nitrogen and oxygen atoms in total. The van der Waals surface area contributed by atoms with Gasteiger partial charge in [-0.3, -0.25) is 9.80 Å². The average Bonchev–Trinajstić information content (AvgIpc) is 2.86. The van der Waals surface area contributed by atoms with E-state index in [-0.39, 0.29) is 17.7 Å². The van der Waals surface area contributed by atoms with Gasteiger partial charge < -0.3 is 0 Å². The summed E-state index contributed by atoms with van der Waals surface area (Å²) >= 11 is 18.4. The molecule has 0 N–H and O–H groups in total. The van der Waals surface area contributed by atoms with Gasteiger partial charge in [0.25, 0.3) is 0 Å². The number of nitrogens with zero attached hydrogens (tertiary/aromatic N) is 2. The van der Waals surface area contributed by atoms with Crippen molar-refractivity contribution in [2.24, 2.45) is 11.0 Å². The minimum absolute atomic E-state index is 0.0472. The van der Waals surface area contributed by atoms with Gasteiger partial charge >= 0.3 is 0 Å². The molecule has 3 rings (SSSR count). The lowest BCUT2D eigenvalue weighted by atomic mass is 9.90. The molecule has 24 heavy (non-hydrogen) atoms. The number of hydrogen-bond acceptors (Lipinski definition) is 3. The van der Waals surface area contributed by atoms with Crippen LogP contribution in [0.15, 0.2) is 47.6 Å². The number of benzene rings is 2. The SMILES string of the molecule is CC(=O)C1=NN(c2ccc(Cl)cc2Cl)[C@@H](c2ccc(Cl)cc2)[C@H]1C. The van der Waals surface area contributed by atoms with Gasteiger partial charge in [-0.1, -0.05) is 53.9 Å². The molecule has 0 saturated heterocycles. The van der Waals surface area contributed by atoms with Gasteiger partial charge in [0.15, 0.2) is 5.78 Å². The van der Waals surface area contributed by atoms with Crippen molar-refractivity contribution < 1.29 is 4.79 Å². The van der Waals surface area contributed by atoms with Crippen LogP contribution in [0.25, 0.3) is 0 Å². The van der Waals surface area contributed by atoms with Crippen LogP contribution >= 0.6 is 34.8 Å². The summed E-state index contributed by atoms with van der Waals surface area (Å²) in [7, 11) is 0. The van der Waals surface area contributed by atoms with E-state index in [2.05, 4.69) is 5.10 Å². The molecule has 1 heterocycles. The van der Waals surface area contributed by atoms with E-state index in [1.807, 2.05) is 37.3 Å². The fourth-order valence-electron chi connectivity index (χ4n) is 2.98. The first-order chi connectivity index (χ1) is 11.4. The third-order valence-corrected chi connectivity index (χ3v) is 4.90. The van der Waals surface area contributed by atoms with Crippen molar-refractivity contribution in [3.63, 3.8) is 0 Å². The predicted octanol–water partition coefficient (Wildman–Crippen LogP) is 5.79. The first kappa shape index (κ1) is 17.3. The Hall–Kier alpha value is -1.55. The quantitative estimate of drug-likeness (QED) is 0.674. The molecular formula is C18H15Cl3N2O. The van der Waals surface area contributed by atoms with Crippen LogP contribution in [-0.4, -0.2) is 11.5 Å². The maximum atomic E-state index is 12.0. The Balaban J connectivity index is 2.11. The van der Waals surface area contributed by atoms with Crippen LogP contribution < -0.4 is 5.01 Å². The van der Waals surface area contributed by atoms with Gasteiger partial charge in [-0.2, -0.15) is 5.10 Å². The fourth-order valence-corrected chi connectivity index (χ4v) is 3.60. The zero-order valence-electron chi connectivity index (χ0n) is 13.1. The van der Waals surface area contributed by atoms with Crippen LogP contribution in [0, 0.1) is 5.92 Å². The molecule has 2 atom stereocenters. The summed E-state index contributed by atoms with van der Waals surface area (Å²) in [5.41, 5.74) is 2.25. The maximum Gasteiger partial charge on any atom is 0.176 e. The highest BCUT2D eigenvalue weighted by molar-refractivity contribution is 6.41. The van der Waals surface area contributed by atoms with Crippen molar-refractivity contribution >= 4 is 52.0 Å². The molecular weight excluding hydrogens is 367 g/mol. The molecule has 1 aliphatic rings. The van der Waals surface area contributed by atoms with Crippen molar-refractivity contribution in [2.75, 3.05) is 5.01 Å². The van der Waals surface area contributed by atoms with E-state index in [1.165, 1.54) is 6.92 Å². The van der Waals surface area contributed by atoms with Crippen molar-refractivity contribution in [2.45, 2.75) is 19.9 Å². The third kappa shape index (κ3) is 3.16. The number of hydrogen-bond donors (Lipinski definition) is 0. The van der Waals surface area contributed by atoms with Gasteiger partial charge in [-0.15, -0.1) is 0 Å². The molecule has 0 aliphatic carbocycles. The molecule has 0 amide bonds. The molecule has 0 saturated carbocycles. The van der Waals surface area contributed by atoms with E-state index < -0.39 is 0 Å². The van der Waals surface area contributed by atoms with Crippen LogP contribution in [0.3, 0.4) is 0 Å². The summed E-state index contributed by atoms with van der Waals surface area (Å²) in [6.45, 7) is 3.52. The Bertz CT molecular complexity index is 818. The molecule has 0 radical (unpaired) electrons. The number of anilines is 1.